The van der Waals surface area contributed by atoms with Crippen molar-refractivity contribution in [2.75, 3.05) is 20.3 Å². The molecule has 110 valence electrons. The molecule has 0 radical (unpaired) electrons. The molecule has 4 bridgehead atoms. The van der Waals surface area contributed by atoms with Gasteiger partial charge in [0, 0.05) is 13.7 Å². The lowest BCUT2D eigenvalue weighted by Crippen LogP contribution is -2.67. The molecule has 4 saturated carbocycles. The number of ether oxygens (including phenoxy) is 1. The fraction of sp³-hybridized carbons (Fsp3) is 0.867. The molecule has 0 atom stereocenters. The molecule has 0 unspecified atom stereocenters. The van der Waals surface area contributed by atoms with Crippen LogP contribution in [0.2, 0.25) is 0 Å². The predicted octanol–water partition coefficient (Wildman–Crippen LogP) is 1.83. The van der Waals surface area contributed by atoms with Crippen LogP contribution in [0, 0.1) is 29.1 Å². The van der Waals surface area contributed by atoms with E-state index in [1.54, 1.807) is 7.11 Å². The van der Waals surface area contributed by atoms with Gasteiger partial charge in [0.25, 0.3) is 0 Å². The first-order chi connectivity index (χ1) is 9.66. The monoisotopic (exact) mass is 277 g/mol. The second-order valence-corrected chi connectivity index (χ2v) is 7.08. The van der Waals surface area contributed by atoms with Crippen LogP contribution >= 0.6 is 0 Å². The molecule has 5 heteroatoms. The van der Waals surface area contributed by atoms with Crippen LogP contribution in [0.4, 0.5) is 4.79 Å². The number of hydrogen-bond donors (Lipinski definition) is 2. The maximum atomic E-state index is 12.3. The summed E-state index contributed by atoms with van der Waals surface area (Å²) < 4.78 is 5.18. The summed E-state index contributed by atoms with van der Waals surface area (Å²) in [7, 11) is 1.67. The van der Waals surface area contributed by atoms with Crippen molar-refractivity contribution in [3.05, 3.63) is 0 Å². The Bertz CT molecular complexity index is 434. The third-order valence-corrected chi connectivity index (χ3v) is 6.23. The van der Waals surface area contributed by atoms with Crippen LogP contribution in [0.1, 0.15) is 32.1 Å². The van der Waals surface area contributed by atoms with Crippen molar-refractivity contribution >= 4 is 11.9 Å². The minimum atomic E-state index is -0.330. The summed E-state index contributed by atoms with van der Waals surface area (Å²) in [5, 5.41) is 11.3. The van der Waals surface area contributed by atoms with Crippen LogP contribution in [0.15, 0.2) is 0 Å². The van der Waals surface area contributed by atoms with Crippen LogP contribution in [0.3, 0.4) is 0 Å². The molecule has 5 nitrogen and oxygen atoms in total. The minimum absolute atomic E-state index is 0.0838. The Kier molecular flexibility index (Phi) is 2.65. The topological polar surface area (TPSA) is 65.4 Å². The molecule has 1 spiro atoms. The Morgan fingerprint density at radius 1 is 1.25 bits per heavy atom. The lowest BCUT2D eigenvalue weighted by molar-refractivity contribution is -0.0798. The molecule has 2 amide bonds. The van der Waals surface area contributed by atoms with E-state index in [0.29, 0.717) is 30.8 Å². The average molecular weight is 277 g/mol. The van der Waals surface area contributed by atoms with E-state index in [0.717, 1.165) is 11.8 Å². The Labute approximate surface area is 119 Å². The Morgan fingerprint density at radius 3 is 2.40 bits per heavy atom. The van der Waals surface area contributed by atoms with Crippen molar-refractivity contribution in [3.63, 3.8) is 0 Å². The molecule has 0 aromatic heterocycles. The van der Waals surface area contributed by atoms with E-state index in [4.69, 9.17) is 10.1 Å². The number of amides is 2. The van der Waals surface area contributed by atoms with Gasteiger partial charge in [0.2, 0.25) is 0 Å². The molecule has 5 fully saturated rings. The van der Waals surface area contributed by atoms with Gasteiger partial charge < -0.3 is 9.64 Å². The molecule has 5 rings (SSSR count). The molecule has 0 aromatic rings. The molecule has 5 aliphatic rings. The SMILES string of the molecule is COCCN1C(=O)NC(=N)C12C1CC3CC(C1)CC2C3. The molecule has 4 aliphatic carbocycles. The third-order valence-electron chi connectivity index (χ3n) is 6.23. The smallest absolute Gasteiger partial charge is 0.323 e. The normalized spacial score (nSPS) is 45.5. The number of nitrogens with one attached hydrogen (secondary N) is 2. The lowest BCUT2D eigenvalue weighted by Gasteiger charge is -2.61. The summed E-state index contributed by atoms with van der Waals surface area (Å²) in [6.07, 6.45) is 6.19. The van der Waals surface area contributed by atoms with Crippen molar-refractivity contribution in [1.29, 1.82) is 5.41 Å². The van der Waals surface area contributed by atoms with Crippen molar-refractivity contribution in [3.8, 4) is 0 Å². The number of carbonyl (C=O) groups excluding carboxylic acids is 1. The zero-order valence-corrected chi connectivity index (χ0v) is 12.0. The zero-order valence-electron chi connectivity index (χ0n) is 12.0. The maximum absolute atomic E-state index is 12.3. The highest BCUT2D eigenvalue weighted by Crippen LogP contribution is 2.61. The Morgan fingerprint density at radius 2 is 1.85 bits per heavy atom. The van der Waals surface area contributed by atoms with Gasteiger partial charge in [-0.3, -0.25) is 10.7 Å². The lowest BCUT2D eigenvalue weighted by atomic mass is 9.48. The summed E-state index contributed by atoms with van der Waals surface area (Å²) >= 11 is 0. The van der Waals surface area contributed by atoms with E-state index in [2.05, 4.69) is 5.32 Å². The van der Waals surface area contributed by atoms with Crippen LogP contribution in [-0.2, 0) is 4.74 Å². The van der Waals surface area contributed by atoms with E-state index in [1.165, 1.54) is 32.1 Å². The van der Waals surface area contributed by atoms with Gasteiger partial charge >= 0.3 is 6.03 Å². The summed E-state index contributed by atoms with van der Waals surface area (Å²) in [5.74, 6) is 3.13. The van der Waals surface area contributed by atoms with Gasteiger partial charge in [-0.1, -0.05) is 0 Å². The Hall–Kier alpha value is -1.10. The summed E-state index contributed by atoms with van der Waals surface area (Å²) in [4.78, 5) is 14.2. The van der Waals surface area contributed by atoms with Crippen LogP contribution in [0.5, 0.6) is 0 Å². The highest BCUT2D eigenvalue weighted by molar-refractivity contribution is 6.09. The molecule has 20 heavy (non-hydrogen) atoms. The minimum Gasteiger partial charge on any atom is -0.383 e. The molecular weight excluding hydrogens is 254 g/mol. The summed E-state index contributed by atoms with van der Waals surface area (Å²) in [6, 6.07) is -0.0838. The fourth-order valence-electron chi connectivity index (χ4n) is 5.80. The standard InChI is InChI=1S/C15H23N3O2/c1-20-3-2-18-14(19)17-13(16)15(18)11-5-9-4-10(7-11)8-12(15)6-9/h9-12H,2-8H2,1H3,(H2,16,17,19). The third kappa shape index (κ3) is 1.42. The molecule has 0 aromatic carbocycles. The van der Waals surface area contributed by atoms with Gasteiger partial charge in [0.05, 0.1) is 6.61 Å². The van der Waals surface area contributed by atoms with E-state index >= 15 is 0 Å². The second-order valence-electron chi connectivity index (χ2n) is 7.08. The molecular formula is C15H23N3O2. The number of rotatable bonds is 3. The average Bonchev–Trinajstić information content (AvgIpc) is 2.64. The molecule has 2 N–H and O–H groups in total. The van der Waals surface area contributed by atoms with E-state index < -0.39 is 0 Å². The van der Waals surface area contributed by atoms with Crippen molar-refractivity contribution in [2.24, 2.45) is 23.7 Å². The van der Waals surface area contributed by atoms with Crippen molar-refractivity contribution in [1.82, 2.24) is 10.2 Å². The Balaban J connectivity index is 1.73. The number of methoxy groups -OCH3 is 1. The van der Waals surface area contributed by atoms with Crippen LogP contribution in [-0.4, -0.2) is 42.6 Å². The first-order valence-corrected chi connectivity index (χ1v) is 7.82. The van der Waals surface area contributed by atoms with E-state index in [-0.39, 0.29) is 11.6 Å². The first kappa shape index (κ1) is 12.6. The molecule has 1 saturated heterocycles. The summed E-state index contributed by atoms with van der Waals surface area (Å²) in [6.45, 7) is 1.15. The second kappa shape index (κ2) is 4.20. The highest BCUT2D eigenvalue weighted by atomic mass is 16.5. The fourth-order valence-corrected chi connectivity index (χ4v) is 5.80. The summed E-state index contributed by atoms with van der Waals surface area (Å²) in [5.41, 5.74) is -0.330. The van der Waals surface area contributed by atoms with Gasteiger partial charge in [-0.05, 0) is 55.8 Å². The highest BCUT2D eigenvalue weighted by Gasteiger charge is 2.65. The van der Waals surface area contributed by atoms with Crippen LogP contribution in [0.25, 0.3) is 0 Å². The number of amidine groups is 1. The number of nitrogens with zero attached hydrogens (tertiary/aromatic N) is 1. The van der Waals surface area contributed by atoms with E-state index in [9.17, 15) is 4.79 Å². The molecule has 1 heterocycles. The predicted molar refractivity (Wildman–Crippen MR) is 74.6 cm³/mol. The van der Waals surface area contributed by atoms with Gasteiger partial charge in [-0.2, -0.15) is 0 Å². The van der Waals surface area contributed by atoms with E-state index in [1.807, 2.05) is 4.90 Å². The number of urea groups is 1. The van der Waals surface area contributed by atoms with Gasteiger partial charge in [0.15, 0.2) is 0 Å². The first-order valence-electron chi connectivity index (χ1n) is 7.82. The number of hydrogen-bond acceptors (Lipinski definition) is 3. The van der Waals surface area contributed by atoms with Crippen LogP contribution < -0.4 is 5.32 Å². The quantitative estimate of drug-likeness (QED) is 0.826. The van der Waals surface area contributed by atoms with Crippen molar-refractivity contribution in [2.45, 2.75) is 37.6 Å². The van der Waals surface area contributed by atoms with Crippen molar-refractivity contribution < 1.29 is 9.53 Å². The van der Waals surface area contributed by atoms with Gasteiger partial charge in [-0.15, -0.1) is 0 Å². The van der Waals surface area contributed by atoms with Gasteiger partial charge in [-0.25, -0.2) is 4.79 Å². The maximum Gasteiger partial charge on any atom is 0.323 e. The zero-order chi connectivity index (χ0) is 13.9. The molecule has 1 aliphatic heterocycles. The largest absolute Gasteiger partial charge is 0.383 e. The van der Waals surface area contributed by atoms with Gasteiger partial charge in [0.1, 0.15) is 11.4 Å². The number of carbonyl (C=O) groups is 1.